The van der Waals surface area contributed by atoms with Crippen LogP contribution >= 0.6 is 15.9 Å². The van der Waals surface area contributed by atoms with E-state index in [1.54, 1.807) is 13.2 Å². The lowest BCUT2D eigenvalue weighted by atomic mass is 10.2. The Morgan fingerprint density at radius 2 is 1.88 bits per heavy atom. The molecule has 0 aliphatic carbocycles. The van der Waals surface area contributed by atoms with Crippen molar-refractivity contribution >= 4 is 27.6 Å². The Balaban J connectivity index is 2.01. The number of aliphatic imine (C=N–C) groups is 1. The molecule has 0 atom stereocenters. The molecule has 0 unspecified atom stereocenters. The second-order valence-corrected chi connectivity index (χ2v) is 5.77. The molecule has 0 saturated heterocycles. The third-order valence-corrected chi connectivity index (χ3v) is 3.52. The third-order valence-electron chi connectivity index (χ3n) is 3.02. The van der Waals surface area contributed by atoms with Crippen LogP contribution in [-0.2, 0) is 6.54 Å². The van der Waals surface area contributed by atoms with Crippen LogP contribution in [0.5, 0.6) is 11.5 Å². The number of alkyl halides is 3. The lowest BCUT2D eigenvalue weighted by Gasteiger charge is -2.10. The molecular formula is C16H15BrF3N3O2. The normalized spacial score (nSPS) is 12.0. The number of hydrogen-bond acceptors (Lipinski definition) is 3. The first-order valence-electron chi connectivity index (χ1n) is 7.02. The highest BCUT2D eigenvalue weighted by atomic mass is 79.9. The Bertz CT molecular complexity index is 749. The molecule has 0 radical (unpaired) electrons. The zero-order valence-electron chi connectivity index (χ0n) is 13.1. The minimum absolute atomic E-state index is 0.117. The van der Waals surface area contributed by atoms with Gasteiger partial charge in [0.25, 0.3) is 0 Å². The molecule has 0 heterocycles. The van der Waals surface area contributed by atoms with Crippen molar-refractivity contribution in [3.63, 3.8) is 0 Å². The highest BCUT2D eigenvalue weighted by Crippen LogP contribution is 2.25. The average molecular weight is 418 g/mol. The molecule has 0 spiro atoms. The second kappa shape index (κ2) is 8.11. The van der Waals surface area contributed by atoms with E-state index in [2.05, 4.69) is 31.0 Å². The molecule has 5 nitrogen and oxygen atoms in total. The van der Waals surface area contributed by atoms with Gasteiger partial charge in [0.05, 0.1) is 13.7 Å². The fourth-order valence-electron chi connectivity index (χ4n) is 1.97. The van der Waals surface area contributed by atoms with Gasteiger partial charge in [0, 0.05) is 15.7 Å². The fourth-order valence-corrected chi connectivity index (χ4v) is 2.38. The summed E-state index contributed by atoms with van der Waals surface area (Å²) in [6.45, 7) is 0.275. The summed E-state index contributed by atoms with van der Waals surface area (Å²) in [7, 11) is 1.56. The molecule has 0 bridgehead atoms. The Kier molecular flexibility index (Phi) is 6.13. The van der Waals surface area contributed by atoms with Gasteiger partial charge in [-0.05, 0) is 42.5 Å². The highest BCUT2D eigenvalue weighted by Gasteiger charge is 2.30. The van der Waals surface area contributed by atoms with Crippen molar-refractivity contribution in [2.75, 3.05) is 12.4 Å². The van der Waals surface area contributed by atoms with E-state index in [9.17, 15) is 13.2 Å². The van der Waals surface area contributed by atoms with Crippen LogP contribution in [0.15, 0.2) is 51.9 Å². The SMILES string of the molecule is COc1ccc(Br)cc1CN=C(N)Nc1ccc(OC(F)(F)F)cc1. The van der Waals surface area contributed by atoms with Crippen LogP contribution < -0.4 is 20.5 Å². The first-order valence-corrected chi connectivity index (χ1v) is 7.81. The molecule has 2 rings (SSSR count). The van der Waals surface area contributed by atoms with E-state index in [-0.39, 0.29) is 18.3 Å². The van der Waals surface area contributed by atoms with E-state index in [4.69, 9.17) is 10.5 Å². The molecule has 0 aromatic heterocycles. The summed E-state index contributed by atoms with van der Waals surface area (Å²) in [5.74, 6) is 0.479. The van der Waals surface area contributed by atoms with Crippen LogP contribution in [0.25, 0.3) is 0 Å². The zero-order chi connectivity index (χ0) is 18.4. The molecule has 25 heavy (non-hydrogen) atoms. The molecule has 2 aromatic carbocycles. The van der Waals surface area contributed by atoms with Crippen molar-refractivity contribution in [3.05, 3.63) is 52.5 Å². The van der Waals surface area contributed by atoms with Crippen LogP contribution in [-0.4, -0.2) is 19.4 Å². The topological polar surface area (TPSA) is 68.9 Å². The van der Waals surface area contributed by atoms with Crippen molar-refractivity contribution in [1.29, 1.82) is 0 Å². The van der Waals surface area contributed by atoms with E-state index in [0.717, 1.165) is 10.0 Å². The summed E-state index contributed by atoms with van der Waals surface area (Å²) < 4.78 is 46.3. The minimum Gasteiger partial charge on any atom is -0.496 e. The number of halogens is 4. The maximum Gasteiger partial charge on any atom is 0.573 e. The van der Waals surface area contributed by atoms with Crippen molar-refractivity contribution in [1.82, 2.24) is 0 Å². The summed E-state index contributed by atoms with van der Waals surface area (Å²) in [6, 6.07) is 10.7. The third kappa shape index (κ3) is 6.18. The summed E-state index contributed by atoms with van der Waals surface area (Å²) >= 11 is 3.37. The number of ether oxygens (including phenoxy) is 2. The smallest absolute Gasteiger partial charge is 0.496 e. The molecular weight excluding hydrogens is 403 g/mol. The molecule has 0 amide bonds. The standard InChI is InChI=1S/C16H15BrF3N3O2/c1-24-14-7-2-11(17)8-10(14)9-22-15(21)23-12-3-5-13(6-4-12)25-16(18,19)20/h2-8H,9H2,1H3,(H3,21,22,23). The van der Waals surface area contributed by atoms with Crippen LogP contribution in [0.2, 0.25) is 0 Å². The van der Waals surface area contributed by atoms with Crippen LogP contribution in [0.3, 0.4) is 0 Å². The lowest BCUT2D eigenvalue weighted by Crippen LogP contribution is -2.22. The number of hydrogen-bond donors (Lipinski definition) is 2. The quantitative estimate of drug-likeness (QED) is 0.562. The summed E-state index contributed by atoms with van der Waals surface area (Å²) in [4.78, 5) is 4.19. The molecule has 9 heteroatoms. The maximum atomic E-state index is 12.1. The molecule has 0 aliphatic rings. The van der Waals surface area contributed by atoms with Crippen molar-refractivity contribution in [2.24, 2.45) is 10.7 Å². The van der Waals surface area contributed by atoms with Gasteiger partial charge in [-0.1, -0.05) is 15.9 Å². The van der Waals surface area contributed by atoms with Gasteiger partial charge in [-0.3, -0.25) is 0 Å². The first-order chi connectivity index (χ1) is 11.8. The summed E-state index contributed by atoms with van der Waals surface area (Å²) in [6.07, 6.45) is -4.72. The van der Waals surface area contributed by atoms with Gasteiger partial charge in [0.1, 0.15) is 11.5 Å². The Morgan fingerprint density at radius 1 is 1.20 bits per heavy atom. The number of nitrogens with one attached hydrogen (secondary N) is 1. The number of guanidine groups is 1. The first kappa shape index (κ1) is 18.9. The molecule has 0 fully saturated rings. The van der Waals surface area contributed by atoms with E-state index in [1.165, 1.54) is 24.3 Å². The van der Waals surface area contributed by atoms with Crippen LogP contribution in [0, 0.1) is 0 Å². The molecule has 0 aliphatic heterocycles. The van der Waals surface area contributed by atoms with E-state index in [1.807, 2.05) is 12.1 Å². The number of anilines is 1. The number of nitrogens with two attached hydrogens (primary N) is 1. The van der Waals surface area contributed by atoms with Crippen molar-refractivity contribution in [2.45, 2.75) is 12.9 Å². The van der Waals surface area contributed by atoms with Crippen LogP contribution in [0.4, 0.5) is 18.9 Å². The van der Waals surface area contributed by atoms with Gasteiger partial charge in [-0.15, -0.1) is 13.2 Å². The summed E-state index contributed by atoms with van der Waals surface area (Å²) in [5, 5.41) is 2.79. The van der Waals surface area contributed by atoms with Crippen molar-refractivity contribution in [3.8, 4) is 11.5 Å². The van der Waals surface area contributed by atoms with E-state index < -0.39 is 6.36 Å². The number of rotatable bonds is 5. The molecule has 0 saturated carbocycles. The molecule has 2 aromatic rings. The van der Waals surface area contributed by atoms with Crippen LogP contribution in [0.1, 0.15) is 5.56 Å². The predicted molar refractivity (Wildman–Crippen MR) is 92.8 cm³/mol. The van der Waals surface area contributed by atoms with Gasteiger partial charge in [0.2, 0.25) is 0 Å². The van der Waals surface area contributed by atoms with E-state index >= 15 is 0 Å². The average Bonchev–Trinajstić information content (AvgIpc) is 2.53. The minimum atomic E-state index is -4.72. The zero-order valence-corrected chi connectivity index (χ0v) is 14.7. The van der Waals surface area contributed by atoms with Gasteiger partial charge in [0.15, 0.2) is 5.96 Å². The Labute approximate surface area is 150 Å². The van der Waals surface area contributed by atoms with Gasteiger partial charge in [-0.25, -0.2) is 4.99 Å². The Hall–Kier alpha value is -2.42. The second-order valence-electron chi connectivity index (χ2n) is 4.85. The van der Waals surface area contributed by atoms with Crippen molar-refractivity contribution < 1.29 is 22.6 Å². The fraction of sp³-hybridized carbons (Fsp3) is 0.188. The largest absolute Gasteiger partial charge is 0.573 e. The highest BCUT2D eigenvalue weighted by molar-refractivity contribution is 9.10. The number of nitrogens with zero attached hydrogens (tertiary/aromatic N) is 1. The predicted octanol–water partition coefficient (Wildman–Crippen LogP) is 4.28. The Morgan fingerprint density at radius 3 is 2.48 bits per heavy atom. The van der Waals surface area contributed by atoms with Gasteiger partial charge >= 0.3 is 6.36 Å². The number of methoxy groups -OCH3 is 1. The monoisotopic (exact) mass is 417 g/mol. The molecule has 3 N–H and O–H groups in total. The molecule has 134 valence electrons. The van der Waals surface area contributed by atoms with Gasteiger partial charge < -0.3 is 20.5 Å². The van der Waals surface area contributed by atoms with Gasteiger partial charge in [-0.2, -0.15) is 0 Å². The lowest BCUT2D eigenvalue weighted by molar-refractivity contribution is -0.274. The summed E-state index contributed by atoms with van der Waals surface area (Å²) in [5.41, 5.74) is 7.11. The number of benzene rings is 2. The maximum absolute atomic E-state index is 12.1. The van der Waals surface area contributed by atoms with E-state index in [0.29, 0.717) is 11.4 Å².